The van der Waals surface area contributed by atoms with Gasteiger partial charge >= 0.3 is 5.97 Å². The summed E-state index contributed by atoms with van der Waals surface area (Å²) >= 11 is 0. The molecule has 0 atom stereocenters. The van der Waals surface area contributed by atoms with Crippen LogP contribution in [-0.4, -0.2) is 41.1 Å². The van der Waals surface area contributed by atoms with E-state index in [2.05, 4.69) is 38.9 Å². The van der Waals surface area contributed by atoms with Crippen LogP contribution in [0.15, 0.2) is 16.7 Å². The molecule has 112 valence electrons. The van der Waals surface area contributed by atoms with Crippen LogP contribution in [-0.2, 0) is 4.74 Å². The molecule has 7 nitrogen and oxygen atoms in total. The summed E-state index contributed by atoms with van der Waals surface area (Å²) in [5.74, 6) is -0.236. The molecule has 0 aliphatic carbocycles. The van der Waals surface area contributed by atoms with Crippen molar-refractivity contribution in [2.24, 2.45) is 10.3 Å². The van der Waals surface area contributed by atoms with Gasteiger partial charge in [0.25, 0.3) is 0 Å². The van der Waals surface area contributed by atoms with Crippen molar-refractivity contribution in [2.45, 2.75) is 39.5 Å². The summed E-state index contributed by atoms with van der Waals surface area (Å²) in [4.78, 5) is 18.2. The molecule has 0 spiro atoms. The highest BCUT2D eigenvalue weighted by Crippen LogP contribution is 2.15. The number of aromatic amines is 1. The minimum Gasteiger partial charge on any atom is -0.464 e. The molecule has 1 rings (SSSR count). The lowest BCUT2D eigenvalue weighted by atomic mass is 10.3. The number of H-pyrrole nitrogens is 1. The Labute approximate surface area is 119 Å². The molecule has 0 aromatic carbocycles. The third kappa shape index (κ3) is 4.99. The van der Waals surface area contributed by atoms with Crippen molar-refractivity contribution in [1.29, 1.82) is 0 Å². The van der Waals surface area contributed by atoms with Gasteiger partial charge in [-0.25, -0.2) is 9.78 Å². The lowest BCUT2D eigenvalue weighted by molar-refractivity contribution is 0.0595. The van der Waals surface area contributed by atoms with E-state index in [1.165, 1.54) is 13.4 Å². The lowest BCUT2D eigenvalue weighted by Crippen LogP contribution is -2.19. The molecule has 0 aliphatic rings. The highest BCUT2D eigenvalue weighted by atomic mass is 16.5. The summed E-state index contributed by atoms with van der Waals surface area (Å²) in [6.45, 7) is 5.99. The molecule has 0 radical (unpaired) electrons. The van der Waals surface area contributed by atoms with Gasteiger partial charge in [-0.15, -0.1) is 5.11 Å². The van der Waals surface area contributed by atoms with Crippen LogP contribution >= 0.6 is 0 Å². The first-order valence-electron chi connectivity index (χ1n) is 7.01. The molecule has 0 aliphatic heterocycles. The zero-order valence-corrected chi connectivity index (χ0v) is 12.4. The molecule has 1 heterocycles. The number of nitrogens with zero attached hydrogens (tertiary/aromatic N) is 4. The van der Waals surface area contributed by atoms with Crippen molar-refractivity contribution >= 4 is 11.8 Å². The summed E-state index contributed by atoms with van der Waals surface area (Å²) in [6, 6.07) is 0. The van der Waals surface area contributed by atoms with Crippen molar-refractivity contribution in [1.82, 2.24) is 15.0 Å². The van der Waals surface area contributed by atoms with Gasteiger partial charge in [0.1, 0.15) is 0 Å². The minimum absolute atomic E-state index is 0.224. The molecule has 0 unspecified atom stereocenters. The minimum atomic E-state index is -0.495. The molecular formula is C13H23N5O2. The number of esters is 1. The van der Waals surface area contributed by atoms with E-state index in [0.717, 1.165) is 38.8 Å². The van der Waals surface area contributed by atoms with E-state index >= 15 is 0 Å². The summed E-state index contributed by atoms with van der Waals surface area (Å²) in [5.41, 5.74) is 0.224. The SMILES string of the molecule is CCCCN(CCCC)N=Nc1nc[nH]c1C(=O)OC. The number of nitrogens with one attached hydrogen (secondary N) is 1. The van der Waals surface area contributed by atoms with Crippen LogP contribution in [0, 0.1) is 0 Å². The molecule has 0 bridgehead atoms. The van der Waals surface area contributed by atoms with E-state index in [9.17, 15) is 4.79 Å². The van der Waals surface area contributed by atoms with Crippen molar-refractivity contribution in [3.05, 3.63) is 12.0 Å². The second kappa shape index (κ2) is 9.06. The predicted molar refractivity (Wildman–Crippen MR) is 75.8 cm³/mol. The highest BCUT2D eigenvalue weighted by molar-refractivity contribution is 5.91. The van der Waals surface area contributed by atoms with E-state index in [1.807, 2.05) is 5.01 Å². The fourth-order valence-corrected chi connectivity index (χ4v) is 1.60. The van der Waals surface area contributed by atoms with Crippen LogP contribution in [0.25, 0.3) is 0 Å². The Kier molecular flexibility index (Phi) is 7.31. The molecule has 1 N–H and O–H groups in total. The molecule has 7 heteroatoms. The molecule has 0 fully saturated rings. The average Bonchev–Trinajstić information content (AvgIpc) is 2.94. The summed E-state index contributed by atoms with van der Waals surface area (Å²) < 4.78 is 4.65. The number of aromatic nitrogens is 2. The summed E-state index contributed by atoms with van der Waals surface area (Å²) in [6.07, 6.45) is 5.74. The molecule has 1 aromatic rings. The quantitative estimate of drug-likeness (QED) is 0.428. The van der Waals surface area contributed by atoms with Crippen LogP contribution in [0.2, 0.25) is 0 Å². The summed E-state index contributed by atoms with van der Waals surface area (Å²) in [7, 11) is 1.32. The van der Waals surface area contributed by atoms with E-state index in [0.29, 0.717) is 0 Å². The zero-order chi connectivity index (χ0) is 14.8. The van der Waals surface area contributed by atoms with E-state index in [1.54, 1.807) is 0 Å². The first-order chi connectivity index (χ1) is 9.72. The number of rotatable bonds is 9. The van der Waals surface area contributed by atoms with Gasteiger partial charge in [0.05, 0.1) is 13.4 Å². The van der Waals surface area contributed by atoms with Gasteiger partial charge < -0.3 is 9.72 Å². The molecule has 0 saturated carbocycles. The van der Waals surface area contributed by atoms with Gasteiger partial charge in [-0.1, -0.05) is 31.9 Å². The van der Waals surface area contributed by atoms with Crippen molar-refractivity contribution in [2.75, 3.05) is 20.2 Å². The monoisotopic (exact) mass is 281 g/mol. The molecule has 20 heavy (non-hydrogen) atoms. The Balaban J connectivity index is 2.70. The fraction of sp³-hybridized carbons (Fsp3) is 0.692. The Hall–Kier alpha value is -1.92. The van der Waals surface area contributed by atoms with Crippen LogP contribution in [0.4, 0.5) is 5.82 Å². The second-order valence-electron chi connectivity index (χ2n) is 4.44. The van der Waals surface area contributed by atoms with Crippen molar-refractivity contribution < 1.29 is 9.53 Å². The number of carbonyl (C=O) groups excluding carboxylic acids is 1. The Morgan fingerprint density at radius 2 is 2.00 bits per heavy atom. The third-order valence-corrected chi connectivity index (χ3v) is 2.81. The topological polar surface area (TPSA) is 82.9 Å². The first-order valence-corrected chi connectivity index (χ1v) is 7.01. The van der Waals surface area contributed by atoms with Crippen LogP contribution < -0.4 is 0 Å². The van der Waals surface area contributed by atoms with Gasteiger partial charge in [0, 0.05) is 13.1 Å². The number of hydrogen-bond donors (Lipinski definition) is 1. The second-order valence-corrected chi connectivity index (χ2v) is 4.44. The summed E-state index contributed by atoms with van der Waals surface area (Å²) in [5, 5.41) is 10.2. The van der Waals surface area contributed by atoms with Gasteiger partial charge in [0.15, 0.2) is 5.69 Å². The first kappa shape index (κ1) is 16.1. The molecule has 0 saturated heterocycles. The van der Waals surface area contributed by atoms with Gasteiger partial charge in [-0.2, -0.15) is 0 Å². The zero-order valence-electron chi connectivity index (χ0n) is 12.4. The Morgan fingerprint density at radius 1 is 1.35 bits per heavy atom. The standard InChI is InChI=1S/C13H23N5O2/c1-4-6-8-18(9-7-5-2)17-16-12-11(13(19)20-3)14-10-15-12/h10H,4-9H2,1-3H3,(H,14,15). The highest BCUT2D eigenvalue weighted by Gasteiger charge is 2.14. The van der Waals surface area contributed by atoms with Gasteiger partial charge in [0.2, 0.25) is 5.82 Å². The normalized spacial score (nSPS) is 10.9. The van der Waals surface area contributed by atoms with Crippen molar-refractivity contribution in [3.8, 4) is 0 Å². The average molecular weight is 281 g/mol. The van der Waals surface area contributed by atoms with Crippen LogP contribution in [0.5, 0.6) is 0 Å². The number of methoxy groups -OCH3 is 1. The maximum atomic E-state index is 11.5. The van der Waals surface area contributed by atoms with E-state index < -0.39 is 5.97 Å². The maximum Gasteiger partial charge on any atom is 0.358 e. The predicted octanol–water partition coefficient (Wildman–Crippen LogP) is 3.10. The van der Waals surface area contributed by atoms with E-state index in [4.69, 9.17) is 0 Å². The Morgan fingerprint density at radius 3 is 2.55 bits per heavy atom. The van der Waals surface area contributed by atoms with E-state index in [-0.39, 0.29) is 11.5 Å². The number of unbranched alkanes of at least 4 members (excludes halogenated alkanes) is 2. The molecular weight excluding hydrogens is 258 g/mol. The van der Waals surface area contributed by atoms with Crippen molar-refractivity contribution in [3.63, 3.8) is 0 Å². The largest absolute Gasteiger partial charge is 0.464 e. The fourth-order valence-electron chi connectivity index (χ4n) is 1.60. The van der Waals surface area contributed by atoms with Gasteiger partial charge in [-0.3, -0.25) is 5.01 Å². The smallest absolute Gasteiger partial charge is 0.358 e. The number of imidazole rings is 1. The van der Waals surface area contributed by atoms with Gasteiger partial charge in [-0.05, 0) is 12.8 Å². The molecule has 1 aromatic heterocycles. The number of ether oxygens (including phenoxy) is 1. The molecule has 0 amide bonds. The maximum absolute atomic E-state index is 11.5. The Bertz CT molecular complexity index is 422. The number of carbonyl (C=O) groups is 1. The third-order valence-electron chi connectivity index (χ3n) is 2.81. The van der Waals surface area contributed by atoms with Crippen LogP contribution in [0.1, 0.15) is 50.0 Å². The number of hydrogen-bond acceptors (Lipinski definition) is 5. The lowest BCUT2D eigenvalue weighted by Gasteiger charge is -2.16. The van der Waals surface area contributed by atoms with Crippen LogP contribution in [0.3, 0.4) is 0 Å².